The zero-order chi connectivity index (χ0) is 20.3. The number of piperazine rings is 1. The van der Waals surface area contributed by atoms with Crippen LogP contribution >= 0.6 is 23.2 Å². The van der Waals surface area contributed by atoms with Crippen LogP contribution in [-0.2, 0) is 4.79 Å². The zero-order valence-electron chi connectivity index (χ0n) is 15.9. The van der Waals surface area contributed by atoms with E-state index in [1.54, 1.807) is 28.0 Å². The molecule has 148 valence electrons. The molecule has 1 fully saturated rings. The predicted octanol–water partition coefficient (Wildman–Crippen LogP) is 3.97. The third-order valence-corrected chi connectivity index (χ3v) is 5.67. The van der Waals surface area contributed by atoms with Gasteiger partial charge in [-0.3, -0.25) is 9.59 Å². The van der Waals surface area contributed by atoms with E-state index in [1.807, 2.05) is 32.0 Å². The largest absolute Gasteiger partial charge is 0.484 e. The van der Waals surface area contributed by atoms with Crippen molar-refractivity contribution in [3.05, 3.63) is 63.1 Å². The second-order valence-electron chi connectivity index (χ2n) is 6.84. The Morgan fingerprint density at radius 3 is 2.21 bits per heavy atom. The van der Waals surface area contributed by atoms with E-state index < -0.39 is 0 Å². The van der Waals surface area contributed by atoms with Gasteiger partial charge in [-0.1, -0.05) is 29.3 Å². The minimum Gasteiger partial charge on any atom is -0.484 e. The van der Waals surface area contributed by atoms with Crippen molar-refractivity contribution in [2.75, 3.05) is 32.8 Å². The molecule has 0 unspecified atom stereocenters. The van der Waals surface area contributed by atoms with E-state index >= 15 is 0 Å². The molecule has 0 N–H and O–H groups in total. The number of halogens is 2. The van der Waals surface area contributed by atoms with Gasteiger partial charge in [-0.05, 0) is 55.3 Å². The van der Waals surface area contributed by atoms with Crippen LogP contribution < -0.4 is 4.74 Å². The van der Waals surface area contributed by atoms with E-state index in [4.69, 9.17) is 27.9 Å². The van der Waals surface area contributed by atoms with E-state index in [0.29, 0.717) is 47.5 Å². The summed E-state index contributed by atoms with van der Waals surface area (Å²) in [6.45, 7) is 5.91. The van der Waals surface area contributed by atoms with Gasteiger partial charge in [0.05, 0.1) is 10.0 Å². The molecule has 0 radical (unpaired) electrons. The summed E-state index contributed by atoms with van der Waals surface area (Å²) in [6, 6.07) is 10.6. The Kier molecular flexibility index (Phi) is 6.47. The van der Waals surface area contributed by atoms with Gasteiger partial charge in [-0.25, -0.2) is 0 Å². The Morgan fingerprint density at radius 1 is 0.893 bits per heavy atom. The molecule has 0 spiro atoms. The summed E-state index contributed by atoms with van der Waals surface area (Å²) < 4.78 is 5.63. The highest BCUT2D eigenvalue weighted by Crippen LogP contribution is 2.23. The summed E-state index contributed by atoms with van der Waals surface area (Å²) in [5, 5.41) is 0.766. The molecule has 0 aliphatic carbocycles. The van der Waals surface area contributed by atoms with E-state index in [9.17, 15) is 9.59 Å². The van der Waals surface area contributed by atoms with E-state index in [2.05, 4.69) is 0 Å². The van der Waals surface area contributed by atoms with Crippen LogP contribution in [0.3, 0.4) is 0 Å². The fourth-order valence-corrected chi connectivity index (χ4v) is 3.31. The first-order chi connectivity index (χ1) is 13.3. The minimum absolute atomic E-state index is 0.0107. The van der Waals surface area contributed by atoms with E-state index in [0.717, 1.165) is 5.56 Å². The summed E-state index contributed by atoms with van der Waals surface area (Å²) in [5.74, 6) is 0.488. The number of benzene rings is 2. The molecule has 2 aromatic carbocycles. The Morgan fingerprint density at radius 2 is 1.57 bits per heavy atom. The van der Waals surface area contributed by atoms with Crippen molar-refractivity contribution >= 4 is 35.0 Å². The van der Waals surface area contributed by atoms with Crippen molar-refractivity contribution in [2.24, 2.45) is 0 Å². The van der Waals surface area contributed by atoms with Crippen LogP contribution in [-0.4, -0.2) is 54.4 Å². The summed E-state index contributed by atoms with van der Waals surface area (Å²) >= 11 is 11.9. The summed E-state index contributed by atoms with van der Waals surface area (Å²) in [4.78, 5) is 28.5. The number of carbonyl (C=O) groups excluding carboxylic acids is 2. The first kappa shape index (κ1) is 20.5. The number of nitrogens with zero attached hydrogens (tertiary/aromatic N) is 2. The monoisotopic (exact) mass is 420 g/mol. The molecule has 0 bridgehead atoms. The Hall–Kier alpha value is -2.24. The lowest BCUT2D eigenvalue weighted by atomic mass is 10.1. The van der Waals surface area contributed by atoms with E-state index in [-0.39, 0.29) is 18.4 Å². The number of rotatable bonds is 4. The van der Waals surface area contributed by atoms with Crippen LogP contribution in [0.5, 0.6) is 5.75 Å². The maximum absolute atomic E-state index is 12.6. The second kappa shape index (κ2) is 8.84. The van der Waals surface area contributed by atoms with Crippen LogP contribution in [0, 0.1) is 13.8 Å². The Balaban J connectivity index is 1.51. The average molecular weight is 421 g/mol. The molecule has 1 saturated heterocycles. The standard InChI is InChI=1S/C21H22Cl2N2O3/c1-14-3-5-17(11-15(14)2)28-13-20(26)24-7-9-25(10-8-24)21(27)16-4-6-18(22)19(23)12-16/h3-6,11-12H,7-10,13H2,1-2H3. The Bertz CT molecular complexity index is 893. The molecule has 1 aliphatic rings. The van der Waals surface area contributed by atoms with Gasteiger partial charge < -0.3 is 14.5 Å². The quantitative estimate of drug-likeness (QED) is 0.751. The van der Waals surface area contributed by atoms with Gasteiger partial charge in [-0.2, -0.15) is 0 Å². The molecule has 1 heterocycles. The van der Waals surface area contributed by atoms with Gasteiger partial charge in [-0.15, -0.1) is 0 Å². The van der Waals surface area contributed by atoms with Gasteiger partial charge in [0.2, 0.25) is 0 Å². The van der Waals surface area contributed by atoms with Gasteiger partial charge in [0.1, 0.15) is 5.75 Å². The molecule has 7 heteroatoms. The van der Waals surface area contributed by atoms with Gasteiger partial charge in [0.15, 0.2) is 6.61 Å². The molecule has 28 heavy (non-hydrogen) atoms. The first-order valence-corrected chi connectivity index (χ1v) is 9.83. The zero-order valence-corrected chi connectivity index (χ0v) is 17.4. The van der Waals surface area contributed by atoms with Crippen LogP contribution in [0.2, 0.25) is 10.0 Å². The lowest BCUT2D eigenvalue weighted by Crippen LogP contribution is -2.51. The molecule has 1 aliphatic heterocycles. The highest BCUT2D eigenvalue weighted by molar-refractivity contribution is 6.42. The smallest absolute Gasteiger partial charge is 0.260 e. The van der Waals surface area contributed by atoms with Crippen LogP contribution in [0.4, 0.5) is 0 Å². The van der Waals surface area contributed by atoms with Crippen molar-refractivity contribution in [1.29, 1.82) is 0 Å². The summed E-state index contributed by atoms with van der Waals surface area (Å²) in [7, 11) is 0. The number of amides is 2. The maximum Gasteiger partial charge on any atom is 0.260 e. The average Bonchev–Trinajstić information content (AvgIpc) is 2.70. The number of aryl methyl sites for hydroxylation is 2. The van der Waals surface area contributed by atoms with Gasteiger partial charge >= 0.3 is 0 Å². The highest BCUT2D eigenvalue weighted by atomic mass is 35.5. The molecule has 3 rings (SSSR count). The van der Waals surface area contributed by atoms with Crippen molar-refractivity contribution in [3.8, 4) is 5.75 Å². The number of hydrogen-bond donors (Lipinski definition) is 0. The van der Waals surface area contributed by atoms with Gasteiger partial charge in [0, 0.05) is 31.7 Å². The highest BCUT2D eigenvalue weighted by Gasteiger charge is 2.25. The molecule has 0 saturated carbocycles. The van der Waals surface area contributed by atoms with Crippen LogP contribution in [0.25, 0.3) is 0 Å². The minimum atomic E-state index is -0.114. The second-order valence-corrected chi connectivity index (χ2v) is 7.65. The maximum atomic E-state index is 12.6. The lowest BCUT2D eigenvalue weighted by Gasteiger charge is -2.34. The third kappa shape index (κ3) is 4.78. The normalized spacial score (nSPS) is 14.1. The van der Waals surface area contributed by atoms with Crippen LogP contribution in [0.1, 0.15) is 21.5 Å². The van der Waals surface area contributed by atoms with Crippen molar-refractivity contribution < 1.29 is 14.3 Å². The Labute approximate surface area is 174 Å². The van der Waals surface area contributed by atoms with Crippen LogP contribution in [0.15, 0.2) is 36.4 Å². The molecule has 2 aromatic rings. The summed E-state index contributed by atoms with van der Waals surface area (Å²) in [6.07, 6.45) is 0. The van der Waals surface area contributed by atoms with Gasteiger partial charge in [0.25, 0.3) is 11.8 Å². The third-order valence-electron chi connectivity index (χ3n) is 4.93. The van der Waals surface area contributed by atoms with Crippen molar-refractivity contribution in [1.82, 2.24) is 9.80 Å². The van der Waals surface area contributed by atoms with E-state index in [1.165, 1.54) is 5.56 Å². The lowest BCUT2D eigenvalue weighted by molar-refractivity contribution is -0.134. The fraction of sp³-hybridized carbons (Fsp3) is 0.333. The molecule has 2 amide bonds. The molecular formula is C21H22Cl2N2O3. The molecular weight excluding hydrogens is 399 g/mol. The fourth-order valence-electron chi connectivity index (χ4n) is 3.01. The molecule has 0 atom stereocenters. The van der Waals surface area contributed by atoms with Crippen molar-refractivity contribution in [3.63, 3.8) is 0 Å². The summed E-state index contributed by atoms with van der Waals surface area (Å²) in [5.41, 5.74) is 2.80. The molecule has 0 aromatic heterocycles. The number of ether oxygens (including phenoxy) is 1. The molecule has 5 nitrogen and oxygen atoms in total. The SMILES string of the molecule is Cc1ccc(OCC(=O)N2CCN(C(=O)c3ccc(Cl)c(Cl)c3)CC2)cc1C. The van der Waals surface area contributed by atoms with Crippen molar-refractivity contribution in [2.45, 2.75) is 13.8 Å². The number of hydrogen-bond acceptors (Lipinski definition) is 3. The number of carbonyl (C=O) groups is 2. The predicted molar refractivity (Wildman–Crippen MR) is 110 cm³/mol. The topological polar surface area (TPSA) is 49.9 Å². The first-order valence-electron chi connectivity index (χ1n) is 9.07.